The van der Waals surface area contributed by atoms with Gasteiger partial charge in [-0.25, -0.2) is 29.1 Å². The van der Waals surface area contributed by atoms with Gasteiger partial charge in [0.25, 0.3) is 0 Å². The summed E-state index contributed by atoms with van der Waals surface area (Å²) in [5.74, 6) is 0.518. The summed E-state index contributed by atoms with van der Waals surface area (Å²) in [5, 5.41) is 18.3. The second-order valence-electron chi connectivity index (χ2n) is 14.9. The average Bonchev–Trinajstić information content (AvgIpc) is 3.69. The zero-order valence-corrected chi connectivity index (χ0v) is 37.5. The molecule has 0 saturated carbocycles. The maximum atomic E-state index is 14.3. The van der Waals surface area contributed by atoms with E-state index < -0.39 is 24.0 Å². The summed E-state index contributed by atoms with van der Waals surface area (Å²) in [6, 6.07) is 20.4. The van der Waals surface area contributed by atoms with Crippen molar-refractivity contribution in [2.45, 2.75) is 39.1 Å². The van der Waals surface area contributed by atoms with Crippen LogP contribution in [0.1, 0.15) is 22.4 Å². The molecule has 4 aromatic carbocycles. The number of carbonyl (C=O) groups is 1. The van der Waals surface area contributed by atoms with E-state index in [-0.39, 0.29) is 41.3 Å². The number of hydrogen-bond donors (Lipinski definition) is 3. The molecule has 2 aliphatic heterocycles. The largest absolute Gasteiger partial charge is 0.496 e. The van der Waals surface area contributed by atoms with E-state index in [2.05, 4.69) is 25.6 Å². The predicted octanol–water partition coefficient (Wildman–Crippen LogP) is 9.16. The third-order valence-electron chi connectivity index (χ3n) is 10.7. The van der Waals surface area contributed by atoms with Gasteiger partial charge < -0.3 is 39.4 Å². The topological polar surface area (TPSA) is 159 Å². The number of aliphatic carboxylic acids is 1. The number of rotatable bonds is 12. The third-order valence-corrected chi connectivity index (χ3v) is 12.7. The fourth-order valence-electron chi connectivity index (χ4n) is 7.47. The van der Waals surface area contributed by atoms with Crippen LogP contribution in [0.15, 0.2) is 85.3 Å². The van der Waals surface area contributed by atoms with Gasteiger partial charge in [0.05, 0.1) is 33.8 Å². The molecule has 64 heavy (non-hydrogen) atoms. The Kier molecular flexibility index (Phi) is 13.7. The van der Waals surface area contributed by atoms with Crippen LogP contribution in [0.4, 0.5) is 4.39 Å². The van der Waals surface area contributed by atoms with E-state index in [0.29, 0.717) is 102 Å². The van der Waals surface area contributed by atoms with Gasteiger partial charge in [0, 0.05) is 48.3 Å². The van der Waals surface area contributed by atoms with E-state index in [4.69, 9.17) is 51.9 Å². The van der Waals surface area contributed by atoms with Gasteiger partial charge in [0.1, 0.15) is 53.5 Å². The lowest BCUT2D eigenvalue weighted by molar-refractivity contribution is -0.145. The van der Waals surface area contributed by atoms with Gasteiger partial charge in [-0.05, 0) is 91.7 Å². The minimum absolute atomic E-state index is 0.0140. The lowest BCUT2D eigenvalue weighted by Crippen LogP contribution is -2.38. The summed E-state index contributed by atoms with van der Waals surface area (Å²) < 4.78 is 45.7. The quantitative estimate of drug-likeness (QED) is 0.0998. The molecule has 7 aromatic rings. The molecule has 3 N–H and O–H groups in total. The monoisotopic (exact) mass is 924 g/mol. The smallest absolute Gasteiger partial charge is 0.345 e. The number of thiophene rings is 1. The lowest BCUT2D eigenvalue weighted by Gasteiger charge is -2.25. The molecule has 13 nitrogen and oxygen atoms in total. The summed E-state index contributed by atoms with van der Waals surface area (Å²) in [5.41, 5.74) is 4.95. The van der Waals surface area contributed by atoms with Crippen molar-refractivity contribution in [3.05, 3.63) is 124 Å². The molecular weight excluding hydrogens is 883 g/mol. The Hall–Kier alpha value is -6.10. The van der Waals surface area contributed by atoms with E-state index in [1.165, 1.54) is 29.8 Å². The highest BCUT2D eigenvalue weighted by atomic mass is 35.5. The van der Waals surface area contributed by atoms with Crippen molar-refractivity contribution in [1.82, 2.24) is 30.6 Å². The Balaban J connectivity index is 1.25. The van der Waals surface area contributed by atoms with E-state index in [9.17, 15) is 14.3 Å². The molecule has 2 aliphatic rings. The van der Waals surface area contributed by atoms with Gasteiger partial charge in [-0.2, -0.15) is 0 Å². The number of likely N-dealkylation sites (N-methyl/N-ethyl adjacent to an activating group) is 1. The Labute approximate surface area is 382 Å². The van der Waals surface area contributed by atoms with E-state index in [0.717, 1.165) is 0 Å². The Morgan fingerprint density at radius 3 is 2.48 bits per heavy atom. The molecule has 2 atom stereocenters. The number of aromatic nitrogens is 4. The summed E-state index contributed by atoms with van der Waals surface area (Å²) in [4.78, 5) is 32.8. The fourth-order valence-corrected chi connectivity index (χ4v) is 9.13. The molecule has 0 saturated heterocycles. The first-order valence-electron chi connectivity index (χ1n) is 20.3. The molecule has 0 radical (unpaired) electrons. The number of nitrogens with one attached hydrogen (secondary N) is 2. The SMILES string of the molecule is CNCCNC[C@@H]1COc2ccc(OCc3ccnc(-c4ccccc4OC)n3)c(c2)C[C@H](C(=O)O)Oc2ncnc3sc(-c4ccc(F)cc4)c(c23)-c2c(C)c(Cl)c(c(Cl)c2C)O1. The molecule has 0 fully saturated rings. The molecule has 330 valence electrons. The maximum absolute atomic E-state index is 14.3. The summed E-state index contributed by atoms with van der Waals surface area (Å²) in [7, 11) is 3.45. The molecular formula is C47H43Cl2FN6O7S. The van der Waals surface area contributed by atoms with Crippen LogP contribution < -0.4 is 34.3 Å². The number of carboxylic acids is 1. The van der Waals surface area contributed by atoms with E-state index >= 15 is 0 Å². The molecule has 3 aromatic heterocycles. The Bertz CT molecular complexity index is 2800. The molecule has 5 heterocycles. The minimum atomic E-state index is -1.48. The molecule has 9 rings (SSSR count). The Morgan fingerprint density at radius 2 is 1.73 bits per heavy atom. The van der Waals surface area contributed by atoms with Gasteiger partial charge in [-0.15, -0.1) is 11.3 Å². The number of ether oxygens (including phenoxy) is 5. The molecule has 17 heteroatoms. The van der Waals surface area contributed by atoms with E-state index in [1.807, 2.05) is 45.2 Å². The first-order chi connectivity index (χ1) is 31.0. The van der Waals surface area contributed by atoms with Crippen molar-refractivity contribution in [2.24, 2.45) is 0 Å². The molecule has 0 aliphatic carbocycles. The second-order valence-corrected chi connectivity index (χ2v) is 16.6. The van der Waals surface area contributed by atoms with Crippen molar-refractivity contribution >= 4 is 50.7 Å². The zero-order chi connectivity index (χ0) is 44.9. The number of hydrogen-bond acceptors (Lipinski definition) is 13. The van der Waals surface area contributed by atoms with Crippen LogP contribution in [0, 0.1) is 19.7 Å². The van der Waals surface area contributed by atoms with Gasteiger partial charge in [0.2, 0.25) is 12.0 Å². The van der Waals surface area contributed by atoms with Crippen molar-refractivity contribution in [1.29, 1.82) is 0 Å². The van der Waals surface area contributed by atoms with Crippen LogP contribution in [0.25, 0.3) is 43.2 Å². The van der Waals surface area contributed by atoms with Crippen LogP contribution in [0.5, 0.6) is 28.9 Å². The summed E-state index contributed by atoms with van der Waals surface area (Å²) in [6.45, 7) is 5.54. The normalized spacial score (nSPS) is 14.9. The number of carboxylic acid groups (broad SMARTS) is 1. The molecule has 0 amide bonds. The van der Waals surface area contributed by atoms with Crippen molar-refractivity contribution in [2.75, 3.05) is 40.4 Å². The maximum Gasteiger partial charge on any atom is 0.345 e. The molecule has 0 unspecified atom stereocenters. The highest BCUT2D eigenvalue weighted by Crippen LogP contribution is 2.53. The third kappa shape index (κ3) is 9.40. The zero-order valence-electron chi connectivity index (χ0n) is 35.2. The lowest BCUT2D eigenvalue weighted by atomic mass is 9.92. The number of halogens is 3. The van der Waals surface area contributed by atoms with Crippen LogP contribution in [0.3, 0.4) is 0 Å². The molecule has 4 bridgehead atoms. The summed E-state index contributed by atoms with van der Waals surface area (Å²) in [6.07, 6.45) is 0.730. The Morgan fingerprint density at radius 1 is 0.953 bits per heavy atom. The number of para-hydroxylation sites is 1. The van der Waals surface area contributed by atoms with Crippen molar-refractivity contribution in [3.63, 3.8) is 0 Å². The fraction of sp³-hybridized carbons (Fsp3) is 0.255. The van der Waals surface area contributed by atoms with Crippen LogP contribution >= 0.6 is 34.5 Å². The van der Waals surface area contributed by atoms with Gasteiger partial charge >= 0.3 is 5.97 Å². The molecule has 0 spiro atoms. The first kappa shape index (κ1) is 44.5. The minimum Gasteiger partial charge on any atom is -0.496 e. The summed E-state index contributed by atoms with van der Waals surface area (Å²) >= 11 is 15.8. The highest BCUT2D eigenvalue weighted by Gasteiger charge is 2.31. The van der Waals surface area contributed by atoms with Crippen molar-refractivity contribution < 1.29 is 38.0 Å². The number of fused-ring (bicyclic) bond motifs is 7. The standard InChI is InChI=1S/C47H43Cl2FN6O7S/c1-25-37-26(2)41(49)42(40(25)48)62-32(21-52-18-17-51-3)23-60-31-13-14-34(61-22-30-15-16-53-44(56-30)33-7-5-6-8-35(33)59-4)28(19-31)20-36(47(57)58)63-45-39-38(37)43(64-46(39)55-24-54-45)27-9-11-29(50)12-10-27/h5-16,19,24,32,36,51-52H,17-18,20-23H2,1-4H3,(H,57,58)/t32-,36-/m1/s1. The van der Waals surface area contributed by atoms with Crippen LogP contribution in [-0.4, -0.2) is 83.6 Å². The van der Waals surface area contributed by atoms with Gasteiger partial charge in [-0.3, -0.25) is 0 Å². The number of nitrogens with zero attached hydrogens (tertiary/aromatic N) is 4. The number of methoxy groups -OCH3 is 1. The van der Waals surface area contributed by atoms with E-state index in [1.54, 1.807) is 49.7 Å². The number of benzene rings is 4. The van der Waals surface area contributed by atoms with Gasteiger partial charge in [-0.1, -0.05) is 47.5 Å². The second kappa shape index (κ2) is 19.7. The van der Waals surface area contributed by atoms with Crippen LogP contribution in [0.2, 0.25) is 10.0 Å². The predicted molar refractivity (Wildman–Crippen MR) is 245 cm³/mol. The first-order valence-corrected chi connectivity index (χ1v) is 21.9. The van der Waals surface area contributed by atoms with Crippen LogP contribution in [-0.2, 0) is 17.8 Å². The highest BCUT2D eigenvalue weighted by molar-refractivity contribution is 7.22. The average molecular weight is 926 g/mol. The van der Waals surface area contributed by atoms with Crippen molar-refractivity contribution in [3.8, 4) is 61.8 Å². The van der Waals surface area contributed by atoms with Gasteiger partial charge in [0.15, 0.2) is 11.6 Å².